The lowest BCUT2D eigenvalue weighted by Gasteiger charge is -2.12. The van der Waals surface area contributed by atoms with Crippen molar-refractivity contribution < 1.29 is 33.0 Å². The summed E-state index contributed by atoms with van der Waals surface area (Å²) in [6.45, 7) is 0. The van der Waals surface area contributed by atoms with Gasteiger partial charge in [-0.15, -0.1) is 0 Å². The van der Waals surface area contributed by atoms with Crippen molar-refractivity contribution in [3.05, 3.63) is 87.3 Å². The zero-order chi connectivity index (χ0) is 24.9. The number of phenols is 2. The Kier molecular flexibility index (Phi) is 7.42. The van der Waals surface area contributed by atoms with E-state index < -0.39 is 32.3 Å². The first kappa shape index (κ1) is 24.6. The van der Waals surface area contributed by atoms with E-state index in [0.29, 0.717) is 17.1 Å². The topological polar surface area (TPSA) is 136 Å². The lowest BCUT2D eigenvalue weighted by Crippen LogP contribution is -2.20. The third-order valence-electron chi connectivity index (χ3n) is 5.12. The first-order valence-corrected chi connectivity index (χ1v) is 11.7. The quantitative estimate of drug-likeness (QED) is 0.262. The second kappa shape index (κ2) is 10.3. The molecule has 0 aliphatic heterocycles. The number of sulfone groups is 1. The molecule has 178 valence electrons. The summed E-state index contributed by atoms with van der Waals surface area (Å²) in [5.74, 6) is -0.387. The van der Waals surface area contributed by atoms with Crippen molar-refractivity contribution in [1.29, 1.82) is 0 Å². The third-order valence-corrected chi connectivity index (χ3v) is 6.46. The van der Waals surface area contributed by atoms with E-state index in [1.54, 1.807) is 24.3 Å². The second-order valence-corrected chi connectivity index (χ2v) is 9.30. The predicted octanol–water partition coefficient (Wildman–Crippen LogP) is 4.19. The minimum Gasteiger partial charge on any atom is -0.504 e. The molecule has 3 rings (SSSR count). The van der Waals surface area contributed by atoms with Crippen LogP contribution >= 0.6 is 0 Å². The monoisotopic (exact) mass is 485 g/mol. The standard InChI is InChI=1S/C24H23NO8S/c1-32-23-10-8-19(14-24(23)33-2)17-4-6-18(7-5-17)20(25(28)29)15-34(30,31)12-11-16-3-9-21(26)22(27)13-16/h3-14,20,26-27H,15H2,1-2H3/b12-11+. The van der Waals surface area contributed by atoms with Gasteiger partial charge in [0.15, 0.2) is 32.8 Å². The Morgan fingerprint density at radius 3 is 2.15 bits per heavy atom. The Hall–Kier alpha value is -4.05. The molecule has 0 heterocycles. The zero-order valence-corrected chi connectivity index (χ0v) is 19.2. The largest absolute Gasteiger partial charge is 0.504 e. The average molecular weight is 486 g/mol. The fraction of sp³-hybridized carbons (Fsp3) is 0.167. The van der Waals surface area contributed by atoms with Crippen LogP contribution in [0.5, 0.6) is 23.0 Å². The molecular weight excluding hydrogens is 462 g/mol. The van der Waals surface area contributed by atoms with Gasteiger partial charge >= 0.3 is 0 Å². The van der Waals surface area contributed by atoms with Crippen LogP contribution in [0, 0.1) is 10.1 Å². The molecule has 0 fully saturated rings. The molecule has 3 aromatic rings. The van der Waals surface area contributed by atoms with Crippen LogP contribution in [0.2, 0.25) is 0 Å². The molecule has 9 nitrogen and oxygen atoms in total. The number of hydrogen-bond acceptors (Lipinski definition) is 8. The van der Waals surface area contributed by atoms with Crippen molar-refractivity contribution in [1.82, 2.24) is 0 Å². The second-order valence-electron chi connectivity index (χ2n) is 7.37. The van der Waals surface area contributed by atoms with Crippen molar-refractivity contribution in [2.75, 3.05) is 20.0 Å². The lowest BCUT2D eigenvalue weighted by atomic mass is 10.0. The maximum absolute atomic E-state index is 12.5. The van der Waals surface area contributed by atoms with Crippen LogP contribution in [-0.2, 0) is 9.84 Å². The van der Waals surface area contributed by atoms with E-state index in [0.717, 1.165) is 16.5 Å². The van der Waals surface area contributed by atoms with E-state index >= 15 is 0 Å². The summed E-state index contributed by atoms with van der Waals surface area (Å²) >= 11 is 0. The number of ether oxygens (including phenoxy) is 2. The van der Waals surface area contributed by atoms with Crippen molar-refractivity contribution in [2.45, 2.75) is 6.04 Å². The van der Waals surface area contributed by atoms with Crippen LogP contribution in [-0.4, -0.2) is 43.5 Å². The number of benzene rings is 3. The smallest absolute Gasteiger partial charge is 0.252 e. The van der Waals surface area contributed by atoms with E-state index in [1.165, 1.54) is 50.6 Å². The van der Waals surface area contributed by atoms with Crippen LogP contribution in [0.4, 0.5) is 0 Å². The van der Waals surface area contributed by atoms with Gasteiger partial charge in [-0.05, 0) is 47.0 Å². The maximum Gasteiger partial charge on any atom is 0.252 e. The highest BCUT2D eigenvalue weighted by molar-refractivity contribution is 7.94. The number of nitro groups is 1. The Morgan fingerprint density at radius 1 is 0.912 bits per heavy atom. The molecule has 2 N–H and O–H groups in total. The molecule has 0 amide bonds. The van der Waals surface area contributed by atoms with E-state index in [-0.39, 0.29) is 11.3 Å². The number of methoxy groups -OCH3 is 2. The first-order chi connectivity index (χ1) is 16.1. The van der Waals surface area contributed by atoms with Crippen molar-refractivity contribution in [3.8, 4) is 34.1 Å². The van der Waals surface area contributed by atoms with Gasteiger partial charge in [-0.3, -0.25) is 10.1 Å². The average Bonchev–Trinajstić information content (AvgIpc) is 2.83. The zero-order valence-electron chi connectivity index (χ0n) is 18.4. The summed E-state index contributed by atoms with van der Waals surface area (Å²) in [4.78, 5) is 11.0. The SMILES string of the molecule is COc1ccc(-c2ccc(C(CS(=O)(=O)/C=C/c3ccc(O)c(O)c3)[N+](=O)[O-])cc2)cc1OC. The van der Waals surface area contributed by atoms with Gasteiger partial charge in [0.1, 0.15) is 5.75 Å². The molecule has 0 saturated carbocycles. The van der Waals surface area contributed by atoms with Crippen molar-refractivity contribution in [2.24, 2.45) is 0 Å². The van der Waals surface area contributed by atoms with Gasteiger partial charge < -0.3 is 19.7 Å². The molecule has 0 radical (unpaired) electrons. The van der Waals surface area contributed by atoms with Gasteiger partial charge in [-0.1, -0.05) is 36.4 Å². The van der Waals surface area contributed by atoms with Gasteiger partial charge in [0.25, 0.3) is 6.04 Å². The maximum atomic E-state index is 12.5. The minimum absolute atomic E-state index is 0.244. The number of hydrogen-bond donors (Lipinski definition) is 2. The van der Waals surface area contributed by atoms with Crippen molar-refractivity contribution >= 4 is 15.9 Å². The van der Waals surface area contributed by atoms with Gasteiger partial charge in [-0.2, -0.15) is 0 Å². The summed E-state index contributed by atoms with van der Waals surface area (Å²) in [6.07, 6.45) is 1.20. The minimum atomic E-state index is -3.97. The van der Waals surface area contributed by atoms with Gasteiger partial charge in [0.2, 0.25) is 0 Å². The molecule has 34 heavy (non-hydrogen) atoms. The molecule has 0 aromatic heterocycles. The molecule has 1 unspecified atom stereocenters. The fourth-order valence-corrected chi connectivity index (χ4v) is 4.52. The molecule has 1 atom stereocenters. The summed E-state index contributed by atoms with van der Waals surface area (Å²) in [7, 11) is -0.922. The molecule has 3 aromatic carbocycles. The molecule has 10 heteroatoms. The van der Waals surface area contributed by atoms with Gasteiger partial charge in [0, 0.05) is 15.9 Å². The number of nitrogens with zero attached hydrogens (tertiary/aromatic N) is 1. The van der Waals surface area contributed by atoms with Crippen molar-refractivity contribution in [3.63, 3.8) is 0 Å². The number of phenolic OH excluding ortho intramolecular Hbond substituents is 2. The van der Waals surface area contributed by atoms with Gasteiger partial charge in [0.05, 0.1) is 14.2 Å². The van der Waals surface area contributed by atoms with E-state index in [9.17, 15) is 28.7 Å². The van der Waals surface area contributed by atoms with E-state index in [1.807, 2.05) is 6.07 Å². The van der Waals surface area contributed by atoms with E-state index in [4.69, 9.17) is 9.47 Å². The molecular formula is C24H23NO8S. The van der Waals surface area contributed by atoms with Crippen LogP contribution in [0.3, 0.4) is 0 Å². The first-order valence-electron chi connectivity index (χ1n) is 10.0. The summed E-state index contributed by atoms with van der Waals surface area (Å²) in [5.41, 5.74) is 2.13. The highest BCUT2D eigenvalue weighted by Gasteiger charge is 2.28. The van der Waals surface area contributed by atoms with Crippen LogP contribution < -0.4 is 9.47 Å². The normalized spacial score (nSPS) is 12.4. The third kappa shape index (κ3) is 5.84. The highest BCUT2D eigenvalue weighted by Crippen LogP contribution is 2.33. The van der Waals surface area contributed by atoms with E-state index in [2.05, 4.69) is 0 Å². The fourth-order valence-electron chi connectivity index (χ4n) is 3.29. The summed E-state index contributed by atoms with van der Waals surface area (Å²) in [5, 5.41) is 31.4. The number of aromatic hydroxyl groups is 2. The van der Waals surface area contributed by atoms with Crippen LogP contribution in [0.25, 0.3) is 17.2 Å². The molecule has 0 aliphatic carbocycles. The van der Waals surface area contributed by atoms with Crippen LogP contribution in [0.1, 0.15) is 17.2 Å². The summed E-state index contributed by atoms with van der Waals surface area (Å²) < 4.78 is 35.6. The Morgan fingerprint density at radius 2 is 1.56 bits per heavy atom. The molecule has 0 spiro atoms. The van der Waals surface area contributed by atoms with Crippen LogP contribution in [0.15, 0.2) is 66.1 Å². The lowest BCUT2D eigenvalue weighted by molar-refractivity contribution is -0.523. The summed E-state index contributed by atoms with van der Waals surface area (Å²) in [6, 6.07) is 14.1. The Labute approximate surface area is 196 Å². The molecule has 0 aliphatic rings. The predicted molar refractivity (Wildman–Crippen MR) is 127 cm³/mol. The number of rotatable bonds is 9. The van der Waals surface area contributed by atoms with Gasteiger partial charge in [-0.25, -0.2) is 8.42 Å². The molecule has 0 saturated heterocycles. The Bertz CT molecular complexity index is 1320. The highest BCUT2D eigenvalue weighted by atomic mass is 32.2. The molecule has 0 bridgehead atoms. The Balaban J connectivity index is 1.81.